The lowest BCUT2D eigenvalue weighted by atomic mass is 10.2. The highest BCUT2D eigenvalue weighted by molar-refractivity contribution is 5.76. The summed E-state index contributed by atoms with van der Waals surface area (Å²) in [7, 11) is 2.08. The third-order valence-corrected chi connectivity index (χ3v) is 4.33. The second kappa shape index (κ2) is 4.78. The fourth-order valence-electron chi connectivity index (χ4n) is 3.16. The van der Waals surface area contributed by atoms with Crippen molar-refractivity contribution in [1.82, 2.24) is 19.5 Å². The molecule has 4 rings (SSSR count). The number of fused-ring (bicyclic) bond motifs is 1. The molecule has 22 heavy (non-hydrogen) atoms. The number of aryl methyl sites for hydroxylation is 2. The van der Waals surface area contributed by atoms with E-state index in [1.54, 1.807) is 0 Å². The smallest absolute Gasteiger partial charge is 0.143 e. The van der Waals surface area contributed by atoms with Crippen LogP contribution in [0.4, 0.5) is 5.82 Å². The van der Waals surface area contributed by atoms with Gasteiger partial charge in [-0.2, -0.15) is 0 Å². The van der Waals surface area contributed by atoms with Crippen LogP contribution in [0, 0.1) is 6.92 Å². The number of rotatable bonds is 3. The summed E-state index contributed by atoms with van der Waals surface area (Å²) < 4.78 is 2.19. The highest BCUT2D eigenvalue weighted by Gasteiger charge is 2.43. The van der Waals surface area contributed by atoms with E-state index in [-0.39, 0.29) is 0 Å². The predicted molar refractivity (Wildman–Crippen MR) is 85.4 cm³/mol. The normalized spacial score (nSPS) is 20.3. The largest absolute Gasteiger partial charge is 0.331 e. The van der Waals surface area contributed by atoms with Gasteiger partial charge >= 0.3 is 0 Å². The Kier molecular flexibility index (Phi) is 2.87. The van der Waals surface area contributed by atoms with Crippen LogP contribution in [-0.2, 0) is 7.05 Å². The average molecular weight is 294 g/mol. The Labute approximate surface area is 128 Å². The van der Waals surface area contributed by atoms with E-state index in [0.717, 1.165) is 29.3 Å². The fourth-order valence-corrected chi connectivity index (χ4v) is 3.16. The summed E-state index contributed by atoms with van der Waals surface area (Å²) in [6.45, 7) is 1.89. The molecule has 1 fully saturated rings. The molecule has 0 spiro atoms. The van der Waals surface area contributed by atoms with Crippen molar-refractivity contribution in [2.24, 2.45) is 12.9 Å². The van der Waals surface area contributed by atoms with Crippen molar-refractivity contribution in [2.75, 3.05) is 5.43 Å². The first kappa shape index (κ1) is 13.2. The van der Waals surface area contributed by atoms with Gasteiger partial charge < -0.3 is 9.99 Å². The Balaban J connectivity index is 1.69. The maximum absolute atomic E-state index is 5.47. The molecular weight excluding hydrogens is 276 g/mol. The van der Waals surface area contributed by atoms with Gasteiger partial charge in [0.05, 0.1) is 16.7 Å². The summed E-state index contributed by atoms with van der Waals surface area (Å²) in [4.78, 5) is 13.6. The van der Waals surface area contributed by atoms with Crippen molar-refractivity contribution in [3.63, 3.8) is 0 Å². The van der Waals surface area contributed by atoms with Crippen LogP contribution >= 0.6 is 0 Å². The number of anilines is 1. The number of nitrogens with one attached hydrogen (secondary N) is 1. The number of nitrogens with zero attached hydrogens (tertiary/aromatic N) is 4. The first-order valence-corrected chi connectivity index (χ1v) is 7.41. The second-order valence-corrected chi connectivity index (χ2v) is 5.84. The van der Waals surface area contributed by atoms with Gasteiger partial charge in [-0.15, -0.1) is 0 Å². The van der Waals surface area contributed by atoms with E-state index in [0.29, 0.717) is 17.7 Å². The van der Waals surface area contributed by atoms with Gasteiger partial charge in [0.25, 0.3) is 0 Å². The van der Waals surface area contributed by atoms with E-state index in [1.165, 1.54) is 5.52 Å². The quantitative estimate of drug-likeness (QED) is 0.572. The third kappa shape index (κ3) is 2.03. The van der Waals surface area contributed by atoms with Gasteiger partial charge in [0.2, 0.25) is 0 Å². The molecular formula is C16H18N6. The maximum atomic E-state index is 5.47. The molecule has 2 aromatic heterocycles. The highest BCUT2D eigenvalue weighted by atomic mass is 15.3. The summed E-state index contributed by atoms with van der Waals surface area (Å²) in [6, 6.07) is 10.2. The van der Waals surface area contributed by atoms with Crippen molar-refractivity contribution in [1.29, 1.82) is 0 Å². The molecule has 2 heterocycles. The molecule has 3 aromatic rings. The van der Waals surface area contributed by atoms with Crippen LogP contribution in [0.1, 0.15) is 35.6 Å². The highest BCUT2D eigenvalue weighted by Crippen LogP contribution is 2.54. The van der Waals surface area contributed by atoms with Gasteiger partial charge in [-0.25, -0.2) is 20.8 Å². The standard InChI is InChI=1S/C16H18N6/c1-9-18-13(8-15(19-9)21-17)10-7-11(10)16-20-12-5-3-4-6-14(12)22(16)2/h3-6,8,10-11H,7,17H2,1-2H3,(H,18,19,21)/t10-,11?/m1/s1. The second-order valence-electron chi connectivity index (χ2n) is 5.84. The molecule has 1 saturated carbocycles. The van der Waals surface area contributed by atoms with E-state index in [1.807, 2.05) is 25.1 Å². The zero-order valence-corrected chi connectivity index (χ0v) is 12.6. The minimum Gasteiger partial charge on any atom is -0.331 e. The Hall–Kier alpha value is -2.47. The Morgan fingerprint density at radius 1 is 1.18 bits per heavy atom. The Morgan fingerprint density at radius 3 is 2.77 bits per heavy atom. The van der Waals surface area contributed by atoms with Crippen LogP contribution in [0.3, 0.4) is 0 Å². The summed E-state index contributed by atoms with van der Waals surface area (Å²) in [5.74, 6) is 8.81. The molecule has 6 heteroatoms. The number of imidazole rings is 1. The third-order valence-electron chi connectivity index (χ3n) is 4.33. The number of nitrogens with two attached hydrogens (primary N) is 1. The number of hydrazine groups is 1. The summed E-state index contributed by atoms with van der Waals surface area (Å²) in [6.07, 6.45) is 1.07. The van der Waals surface area contributed by atoms with Gasteiger partial charge in [0, 0.05) is 24.9 Å². The van der Waals surface area contributed by atoms with Gasteiger partial charge in [0.15, 0.2) is 0 Å². The van der Waals surface area contributed by atoms with Gasteiger partial charge in [-0.1, -0.05) is 12.1 Å². The lowest BCUT2D eigenvalue weighted by molar-refractivity contribution is 0.795. The molecule has 112 valence electrons. The van der Waals surface area contributed by atoms with Crippen LogP contribution in [0.2, 0.25) is 0 Å². The van der Waals surface area contributed by atoms with Crippen molar-refractivity contribution in [3.05, 3.63) is 47.7 Å². The number of aromatic nitrogens is 4. The van der Waals surface area contributed by atoms with Gasteiger partial charge in [-0.05, 0) is 25.5 Å². The molecule has 0 bridgehead atoms. The molecule has 6 nitrogen and oxygen atoms in total. The van der Waals surface area contributed by atoms with Gasteiger partial charge in [0.1, 0.15) is 17.5 Å². The molecule has 1 aliphatic rings. The van der Waals surface area contributed by atoms with E-state index >= 15 is 0 Å². The lowest BCUT2D eigenvalue weighted by Crippen LogP contribution is -2.10. The number of hydrogen-bond acceptors (Lipinski definition) is 5. The molecule has 1 unspecified atom stereocenters. The van der Waals surface area contributed by atoms with Crippen molar-refractivity contribution < 1.29 is 0 Å². The molecule has 1 aromatic carbocycles. The molecule has 0 saturated heterocycles. The van der Waals surface area contributed by atoms with Crippen molar-refractivity contribution >= 4 is 16.9 Å². The van der Waals surface area contributed by atoms with E-state index < -0.39 is 0 Å². The molecule has 0 radical (unpaired) electrons. The molecule has 0 amide bonds. The van der Waals surface area contributed by atoms with Crippen molar-refractivity contribution in [2.45, 2.75) is 25.2 Å². The molecule has 2 atom stereocenters. The monoisotopic (exact) mass is 294 g/mol. The van der Waals surface area contributed by atoms with Crippen LogP contribution in [0.15, 0.2) is 30.3 Å². The van der Waals surface area contributed by atoms with Crippen molar-refractivity contribution in [3.8, 4) is 0 Å². The molecule has 3 N–H and O–H groups in total. The summed E-state index contributed by atoms with van der Waals surface area (Å²) >= 11 is 0. The lowest BCUT2D eigenvalue weighted by Gasteiger charge is -2.05. The summed E-state index contributed by atoms with van der Waals surface area (Å²) in [5.41, 5.74) is 5.87. The number of para-hydroxylation sites is 2. The number of hydrogen-bond donors (Lipinski definition) is 2. The van der Waals surface area contributed by atoms with Crippen LogP contribution in [-0.4, -0.2) is 19.5 Å². The maximum Gasteiger partial charge on any atom is 0.143 e. The van der Waals surface area contributed by atoms with E-state index in [4.69, 9.17) is 10.8 Å². The topological polar surface area (TPSA) is 81.6 Å². The minimum atomic E-state index is 0.393. The zero-order valence-electron chi connectivity index (χ0n) is 12.6. The van der Waals surface area contributed by atoms with E-state index in [2.05, 4.69) is 39.1 Å². The fraction of sp³-hybridized carbons (Fsp3) is 0.312. The predicted octanol–water partition coefficient (Wildman–Crippen LogP) is 2.23. The van der Waals surface area contributed by atoms with Gasteiger partial charge in [-0.3, -0.25) is 0 Å². The average Bonchev–Trinajstić information content (AvgIpc) is 3.25. The van der Waals surface area contributed by atoms with Crippen LogP contribution in [0.5, 0.6) is 0 Å². The first-order chi connectivity index (χ1) is 10.7. The Morgan fingerprint density at radius 2 is 2.00 bits per heavy atom. The molecule has 0 aliphatic heterocycles. The summed E-state index contributed by atoms with van der Waals surface area (Å²) in [5, 5.41) is 0. The Bertz CT molecular complexity index is 853. The number of benzene rings is 1. The van der Waals surface area contributed by atoms with Crippen LogP contribution < -0.4 is 11.3 Å². The first-order valence-electron chi connectivity index (χ1n) is 7.41. The zero-order chi connectivity index (χ0) is 15.3. The van der Waals surface area contributed by atoms with E-state index in [9.17, 15) is 0 Å². The van der Waals surface area contributed by atoms with Crippen LogP contribution in [0.25, 0.3) is 11.0 Å². The molecule has 1 aliphatic carbocycles. The SMILES string of the molecule is Cc1nc(NN)cc([C@@H]2CC2c2nc3ccccc3n2C)n1. The number of nitrogen functional groups attached to an aromatic ring is 1. The minimum absolute atomic E-state index is 0.393.